The molecule has 34 heteroatoms. The zero-order valence-electron chi connectivity index (χ0n) is 49.6. The van der Waals surface area contributed by atoms with Crippen LogP contribution in [0.4, 0.5) is 0 Å². The highest BCUT2D eigenvalue weighted by molar-refractivity contribution is 5.90. The first-order chi connectivity index (χ1) is 40.9. The van der Waals surface area contributed by atoms with Crippen LogP contribution in [0, 0.1) is 5.92 Å². The molecule has 16 unspecified atom stereocenters. The largest absolute Gasteiger partial charge is 0.394 e. The fourth-order valence-corrected chi connectivity index (χ4v) is 8.49. The first kappa shape index (κ1) is 77.1. The van der Waals surface area contributed by atoms with Crippen LogP contribution in [0.15, 0.2) is 0 Å². The molecule has 2 rings (SSSR count). The second kappa shape index (κ2) is 42.8. The van der Waals surface area contributed by atoms with Crippen molar-refractivity contribution < 1.29 is 127 Å². The van der Waals surface area contributed by atoms with Crippen molar-refractivity contribution in [3.8, 4) is 0 Å². The van der Waals surface area contributed by atoms with Gasteiger partial charge in [-0.3, -0.25) is 38.4 Å². The van der Waals surface area contributed by atoms with E-state index in [0.29, 0.717) is 6.42 Å². The van der Waals surface area contributed by atoms with Gasteiger partial charge in [-0.15, -0.1) is 0 Å². The average Bonchev–Trinajstić information content (AvgIpc) is 1.93. The summed E-state index contributed by atoms with van der Waals surface area (Å²) >= 11 is 0. The minimum atomic E-state index is -1.70. The highest BCUT2D eigenvalue weighted by atomic mass is 16.7. The quantitative estimate of drug-likeness (QED) is 0.0199. The number of rotatable bonds is 44. The molecule has 2 aliphatic rings. The van der Waals surface area contributed by atoms with Crippen molar-refractivity contribution >= 4 is 47.3 Å². The molecule has 2 fully saturated rings. The summed E-state index contributed by atoms with van der Waals surface area (Å²) in [6.45, 7) is 4.33. The maximum atomic E-state index is 13.6. The molecule has 2 saturated heterocycles. The third-order valence-electron chi connectivity index (χ3n) is 13.1. The van der Waals surface area contributed by atoms with Crippen LogP contribution in [-0.2, 0) is 81.0 Å². The summed E-state index contributed by atoms with van der Waals surface area (Å²) in [4.78, 5) is 102. The van der Waals surface area contributed by atoms with Gasteiger partial charge < -0.3 is 131 Å². The Morgan fingerprint density at radius 3 is 1.31 bits per heavy atom. The van der Waals surface area contributed by atoms with Crippen molar-refractivity contribution in [3.05, 3.63) is 0 Å². The molecule has 34 nitrogen and oxygen atoms in total. The van der Waals surface area contributed by atoms with E-state index in [-0.39, 0.29) is 117 Å². The van der Waals surface area contributed by atoms with Crippen LogP contribution in [0.1, 0.15) is 73.1 Å². The molecule has 498 valence electrons. The third-order valence-corrected chi connectivity index (χ3v) is 13.1. The van der Waals surface area contributed by atoms with Gasteiger partial charge in [0, 0.05) is 66.8 Å². The van der Waals surface area contributed by atoms with Gasteiger partial charge in [0.05, 0.1) is 79.3 Å². The molecule has 0 aromatic carbocycles. The van der Waals surface area contributed by atoms with E-state index >= 15 is 0 Å². The number of aliphatic hydroxyl groups excluding tert-OH is 9. The van der Waals surface area contributed by atoms with Crippen molar-refractivity contribution in [2.24, 2.45) is 5.92 Å². The molecule has 8 amide bonds. The van der Waals surface area contributed by atoms with Crippen molar-refractivity contribution in [1.29, 1.82) is 0 Å². The number of carbonyl (C=O) groups is 8. The van der Waals surface area contributed by atoms with Crippen LogP contribution in [0.3, 0.4) is 0 Å². The summed E-state index contributed by atoms with van der Waals surface area (Å²) in [5, 5.41) is 111. The van der Waals surface area contributed by atoms with Crippen molar-refractivity contribution in [2.75, 3.05) is 106 Å². The van der Waals surface area contributed by atoms with Gasteiger partial charge in [-0.05, 0) is 25.2 Å². The highest BCUT2D eigenvalue weighted by Crippen LogP contribution is 2.24. The number of methoxy groups -OCH3 is 1. The Bertz CT molecular complexity index is 2020. The Morgan fingerprint density at radius 1 is 0.500 bits per heavy atom. The normalized spacial score (nSPS) is 24.2. The van der Waals surface area contributed by atoms with Gasteiger partial charge in [-0.25, -0.2) is 0 Å². The minimum Gasteiger partial charge on any atom is -0.394 e. The Kier molecular flexibility index (Phi) is 38.4. The van der Waals surface area contributed by atoms with Gasteiger partial charge in [0.2, 0.25) is 47.3 Å². The Hall–Kier alpha value is -4.96. The maximum absolute atomic E-state index is 13.6. The third kappa shape index (κ3) is 29.4. The Labute approximate surface area is 498 Å². The number of nitrogens with one attached hydrogen (secondary N) is 8. The summed E-state index contributed by atoms with van der Waals surface area (Å²) in [6.07, 6.45) is -17.4. The molecule has 16 atom stereocenters. The van der Waals surface area contributed by atoms with Gasteiger partial charge >= 0.3 is 0 Å². The lowest BCUT2D eigenvalue weighted by Crippen LogP contribution is -2.64. The topological polar surface area (TPSA) is 498 Å². The molecule has 0 saturated carbocycles. The molecule has 0 aromatic rings. The van der Waals surface area contributed by atoms with E-state index < -0.39 is 165 Å². The molecule has 2 heterocycles. The summed E-state index contributed by atoms with van der Waals surface area (Å²) in [5.74, 6) is -4.62. The van der Waals surface area contributed by atoms with E-state index in [1.165, 1.54) is 21.0 Å². The highest BCUT2D eigenvalue weighted by Gasteiger charge is 2.47. The number of amides is 8. The second-order valence-corrected chi connectivity index (χ2v) is 20.6. The lowest BCUT2D eigenvalue weighted by Gasteiger charge is -2.42. The lowest BCUT2D eigenvalue weighted by molar-refractivity contribution is -0.272. The molecule has 17 N–H and O–H groups in total. The number of aliphatic hydroxyl groups is 9. The first-order valence-corrected chi connectivity index (χ1v) is 28.4. The first-order valence-electron chi connectivity index (χ1n) is 28.4. The SMILES string of the molecule is COC(CO)C(O)C(O)C(NC(C)=O)OCCOCCNC(=O)C(CCC(=O)NC(CCC(=O)NCCOCCOC1OC(CO)C(O)C(O)C1NC(C)=O)C(=O)NCCOCCOC1OC(CO)C(O)C(O)C1NC(C)=O)NC(=O)CCC(C)C. The van der Waals surface area contributed by atoms with E-state index in [2.05, 4.69) is 42.5 Å². The van der Waals surface area contributed by atoms with Gasteiger partial charge in [-0.1, -0.05) is 13.8 Å². The maximum Gasteiger partial charge on any atom is 0.242 e. The zero-order chi connectivity index (χ0) is 64.3. The molecule has 0 aliphatic carbocycles. The Balaban J connectivity index is 2.05. The fraction of sp³-hybridized carbons (Fsp3) is 0.846. The Morgan fingerprint density at radius 2 is 0.919 bits per heavy atom. The summed E-state index contributed by atoms with van der Waals surface area (Å²) in [7, 11) is 1.21. The number of hydrogen-bond acceptors (Lipinski definition) is 26. The summed E-state index contributed by atoms with van der Waals surface area (Å²) in [6, 6.07) is -4.88. The number of ether oxygens (including phenoxy) is 9. The average molecular weight is 1250 g/mol. The van der Waals surface area contributed by atoms with E-state index in [9.17, 15) is 84.3 Å². The van der Waals surface area contributed by atoms with Crippen molar-refractivity contribution in [1.82, 2.24) is 42.5 Å². The molecule has 0 bridgehead atoms. The molecular weight excluding hydrogens is 1150 g/mol. The summed E-state index contributed by atoms with van der Waals surface area (Å²) in [5.41, 5.74) is 0. The van der Waals surface area contributed by atoms with Crippen LogP contribution in [0.5, 0.6) is 0 Å². The molecule has 2 aliphatic heterocycles. The standard InChI is InChI=1S/C52H94N8O26/c1-28(2)7-10-38(68)59-33(49(77)55-14-17-80-19-22-82-50(58-31(5)66)47(75)42(70)34(25-61)78-6)9-12-39(69)60-32(48(76)54-15-18-81-21-24-84-52-41(57-30(4)65)46(74)44(72)36(27-63)86-52)8-11-37(67)53-13-16-79-20-23-83-51-40(56-29(3)64)45(73)43(71)35(26-62)85-51/h28,32-36,40-47,50-52,61-63,70-75H,7-27H2,1-6H3,(H,53,67)(H,54,76)(H,55,77)(H,56,64)(H,57,65)(H,58,66)(H,59,68)(H,60,69). The van der Waals surface area contributed by atoms with Crippen LogP contribution >= 0.6 is 0 Å². The van der Waals surface area contributed by atoms with E-state index in [1.54, 1.807) is 0 Å². The van der Waals surface area contributed by atoms with Crippen LogP contribution in [-0.4, -0.2) is 297 Å². The van der Waals surface area contributed by atoms with Crippen LogP contribution in [0.2, 0.25) is 0 Å². The van der Waals surface area contributed by atoms with Gasteiger partial charge in [-0.2, -0.15) is 0 Å². The predicted octanol–water partition coefficient (Wildman–Crippen LogP) is -8.52. The smallest absolute Gasteiger partial charge is 0.242 e. The minimum absolute atomic E-state index is 0.00681. The number of hydrogen-bond donors (Lipinski definition) is 17. The molecule has 0 radical (unpaired) electrons. The molecule has 0 aromatic heterocycles. The zero-order valence-corrected chi connectivity index (χ0v) is 49.6. The van der Waals surface area contributed by atoms with E-state index in [0.717, 1.165) is 6.92 Å². The van der Waals surface area contributed by atoms with E-state index in [1.807, 2.05) is 13.8 Å². The van der Waals surface area contributed by atoms with Crippen LogP contribution < -0.4 is 42.5 Å². The molecule has 0 spiro atoms. The van der Waals surface area contributed by atoms with Gasteiger partial charge in [0.25, 0.3) is 0 Å². The van der Waals surface area contributed by atoms with Crippen molar-refractivity contribution in [2.45, 2.75) is 171 Å². The monoisotopic (exact) mass is 1250 g/mol. The summed E-state index contributed by atoms with van der Waals surface area (Å²) < 4.78 is 49.3. The van der Waals surface area contributed by atoms with E-state index in [4.69, 9.17) is 42.6 Å². The molecule has 86 heavy (non-hydrogen) atoms. The van der Waals surface area contributed by atoms with Crippen LogP contribution in [0.25, 0.3) is 0 Å². The van der Waals surface area contributed by atoms with Crippen molar-refractivity contribution in [3.63, 3.8) is 0 Å². The predicted molar refractivity (Wildman–Crippen MR) is 294 cm³/mol. The number of carbonyl (C=O) groups excluding carboxylic acids is 8. The second-order valence-electron chi connectivity index (χ2n) is 20.6. The molecular formula is C52H94N8O26. The van der Waals surface area contributed by atoms with Gasteiger partial charge in [0.15, 0.2) is 18.8 Å². The fourth-order valence-electron chi connectivity index (χ4n) is 8.49. The lowest BCUT2D eigenvalue weighted by atomic mass is 9.97. The van der Waals surface area contributed by atoms with Gasteiger partial charge in [0.1, 0.15) is 79.1 Å².